The van der Waals surface area contributed by atoms with Crippen molar-refractivity contribution in [3.8, 4) is 6.07 Å². The number of nitriles is 1. The van der Waals surface area contributed by atoms with Gasteiger partial charge in [0.15, 0.2) is 0 Å². The number of nitrogens with one attached hydrogen (secondary N) is 3. The molecule has 1 aliphatic heterocycles. The van der Waals surface area contributed by atoms with Gasteiger partial charge in [-0.1, -0.05) is 37.6 Å². The highest BCUT2D eigenvalue weighted by Gasteiger charge is 2.47. The molecular weight excluding hydrogens is 456 g/mol. The Morgan fingerprint density at radius 2 is 1.85 bits per heavy atom. The highest BCUT2D eigenvalue weighted by atomic mass is 35.5. The van der Waals surface area contributed by atoms with Gasteiger partial charge in [-0.25, -0.2) is 0 Å². The van der Waals surface area contributed by atoms with Gasteiger partial charge >= 0.3 is 0 Å². The highest BCUT2D eigenvalue weighted by Crippen LogP contribution is 2.40. The Bertz CT molecular complexity index is 937. The zero-order valence-corrected chi connectivity index (χ0v) is 21.2. The maximum absolute atomic E-state index is 13.3. The second-order valence-electron chi connectivity index (χ2n) is 10.1. The molecule has 0 saturated carbocycles. The third-order valence-corrected chi connectivity index (χ3v) is 6.93. The van der Waals surface area contributed by atoms with E-state index in [1.165, 1.54) is 0 Å². The van der Waals surface area contributed by atoms with Crippen molar-refractivity contribution in [2.45, 2.75) is 71.6 Å². The first-order valence-corrected chi connectivity index (χ1v) is 11.9. The average molecular weight is 491 g/mol. The van der Waals surface area contributed by atoms with Crippen molar-refractivity contribution in [3.63, 3.8) is 0 Å². The number of hydrogen-bond donors (Lipinski definition) is 4. The number of aliphatic hydroxyl groups is 1. The number of nitrogens with zero attached hydrogens (tertiary/aromatic N) is 1. The predicted octanol–water partition coefficient (Wildman–Crippen LogP) is 2.64. The summed E-state index contributed by atoms with van der Waals surface area (Å²) in [6.45, 7) is 9.17. The van der Waals surface area contributed by atoms with Crippen LogP contribution < -0.4 is 16.0 Å². The Morgan fingerprint density at radius 3 is 2.35 bits per heavy atom. The maximum Gasteiger partial charge on any atom is 0.243 e. The van der Waals surface area contributed by atoms with Crippen LogP contribution >= 0.6 is 11.6 Å². The molecule has 0 spiro atoms. The quantitative estimate of drug-likeness (QED) is 0.400. The molecule has 8 nitrogen and oxygen atoms in total. The van der Waals surface area contributed by atoms with E-state index in [0.717, 1.165) is 0 Å². The SMILES string of the molecule is CC(C)CC(NC(=O)C(C)(C)C(C)(O)c1ccc(Cl)cc1)C(=O)NC(C#N)CC1CCNC1=O. The minimum absolute atomic E-state index is 0.0806. The Balaban J connectivity index is 2.16. The van der Waals surface area contributed by atoms with E-state index < -0.39 is 34.9 Å². The van der Waals surface area contributed by atoms with E-state index in [0.29, 0.717) is 30.0 Å². The Labute approximate surface area is 206 Å². The standard InChI is InChI=1S/C25H35ClN4O4/c1-15(2)12-20(22(32)29-19(14-27)13-16-10-11-28-21(16)31)30-23(33)24(3,4)25(5,34)17-6-8-18(26)9-7-17/h6-9,15-16,19-20,34H,10-13H2,1-5H3,(H,28,31)(H,29,32)(H,30,33). The van der Waals surface area contributed by atoms with E-state index in [1.807, 2.05) is 19.9 Å². The van der Waals surface area contributed by atoms with Crippen LogP contribution in [0, 0.1) is 28.6 Å². The molecule has 3 amide bonds. The van der Waals surface area contributed by atoms with Gasteiger partial charge in [-0.05, 0) is 63.6 Å². The normalized spacial score (nSPS) is 19.5. The van der Waals surface area contributed by atoms with Crippen LogP contribution in [0.5, 0.6) is 0 Å². The van der Waals surface area contributed by atoms with E-state index in [1.54, 1.807) is 45.0 Å². The zero-order valence-electron chi connectivity index (χ0n) is 20.4. The van der Waals surface area contributed by atoms with Gasteiger partial charge in [-0.15, -0.1) is 0 Å². The summed E-state index contributed by atoms with van der Waals surface area (Å²) >= 11 is 5.96. The van der Waals surface area contributed by atoms with Crippen molar-refractivity contribution in [1.29, 1.82) is 5.26 Å². The number of amides is 3. The number of benzene rings is 1. The molecule has 186 valence electrons. The minimum atomic E-state index is -1.55. The Morgan fingerprint density at radius 1 is 1.24 bits per heavy atom. The van der Waals surface area contributed by atoms with Crippen molar-refractivity contribution in [3.05, 3.63) is 34.9 Å². The predicted molar refractivity (Wildman–Crippen MR) is 129 cm³/mol. The van der Waals surface area contributed by atoms with Crippen molar-refractivity contribution >= 4 is 29.3 Å². The van der Waals surface area contributed by atoms with Crippen LogP contribution in [0.3, 0.4) is 0 Å². The molecule has 1 heterocycles. The van der Waals surface area contributed by atoms with Gasteiger partial charge in [0.25, 0.3) is 0 Å². The lowest BCUT2D eigenvalue weighted by atomic mass is 9.71. The van der Waals surface area contributed by atoms with E-state index in [2.05, 4.69) is 16.0 Å². The number of rotatable bonds is 10. The van der Waals surface area contributed by atoms with Crippen LogP contribution in [-0.4, -0.2) is 41.5 Å². The molecule has 4 N–H and O–H groups in total. The van der Waals surface area contributed by atoms with Gasteiger partial charge in [0, 0.05) is 17.5 Å². The summed E-state index contributed by atoms with van der Waals surface area (Å²) in [6.07, 6.45) is 1.18. The van der Waals surface area contributed by atoms with Crippen LogP contribution in [-0.2, 0) is 20.0 Å². The van der Waals surface area contributed by atoms with Gasteiger partial charge in [0.05, 0.1) is 11.5 Å². The number of halogens is 1. The van der Waals surface area contributed by atoms with Crippen molar-refractivity contribution in [2.24, 2.45) is 17.3 Å². The molecule has 1 aliphatic rings. The number of carbonyl (C=O) groups is 3. The molecule has 1 aromatic carbocycles. The zero-order chi connectivity index (χ0) is 25.7. The molecule has 0 bridgehead atoms. The van der Waals surface area contributed by atoms with E-state index >= 15 is 0 Å². The molecular formula is C25H35ClN4O4. The van der Waals surface area contributed by atoms with Gasteiger partial charge in [0.1, 0.15) is 17.7 Å². The summed E-state index contributed by atoms with van der Waals surface area (Å²) < 4.78 is 0. The molecule has 9 heteroatoms. The lowest BCUT2D eigenvalue weighted by Crippen LogP contribution is -2.56. The lowest BCUT2D eigenvalue weighted by molar-refractivity contribution is -0.148. The summed E-state index contributed by atoms with van der Waals surface area (Å²) in [4.78, 5) is 38.3. The van der Waals surface area contributed by atoms with Gasteiger partial charge in [-0.2, -0.15) is 5.26 Å². The topological polar surface area (TPSA) is 131 Å². The highest BCUT2D eigenvalue weighted by molar-refractivity contribution is 6.30. The molecule has 4 unspecified atom stereocenters. The van der Waals surface area contributed by atoms with Gasteiger partial charge < -0.3 is 21.1 Å². The first-order chi connectivity index (χ1) is 15.8. The summed E-state index contributed by atoms with van der Waals surface area (Å²) in [6, 6.07) is 6.89. The van der Waals surface area contributed by atoms with Crippen molar-refractivity contribution in [2.75, 3.05) is 6.54 Å². The summed E-state index contributed by atoms with van der Waals surface area (Å²) in [5.74, 6) is -1.35. The first kappa shape index (κ1) is 27.6. The third-order valence-electron chi connectivity index (χ3n) is 6.68. The van der Waals surface area contributed by atoms with Crippen LogP contribution in [0.4, 0.5) is 0 Å². The molecule has 4 atom stereocenters. The molecule has 2 rings (SSSR count). The minimum Gasteiger partial charge on any atom is -0.384 e. The van der Waals surface area contributed by atoms with Crippen LogP contribution in [0.15, 0.2) is 24.3 Å². The monoisotopic (exact) mass is 490 g/mol. The number of hydrogen-bond acceptors (Lipinski definition) is 5. The summed E-state index contributed by atoms with van der Waals surface area (Å²) in [5.41, 5.74) is -2.33. The molecule has 1 saturated heterocycles. The van der Waals surface area contributed by atoms with Crippen LogP contribution in [0.25, 0.3) is 0 Å². The molecule has 1 fully saturated rings. The number of carbonyl (C=O) groups excluding carboxylic acids is 3. The van der Waals surface area contributed by atoms with Crippen molar-refractivity contribution in [1.82, 2.24) is 16.0 Å². The van der Waals surface area contributed by atoms with E-state index in [9.17, 15) is 24.8 Å². The fourth-order valence-electron chi connectivity index (χ4n) is 3.97. The van der Waals surface area contributed by atoms with Gasteiger partial charge in [-0.3, -0.25) is 14.4 Å². The molecule has 1 aromatic rings. The summed E-state index contributed by atoms with van der Waals surface area (Å²) in [5, 5.41) is 29.5. The fourth-order valence-corrected chi connectivity index (χ4v) is 4.09. The largest absolute Gasteiger partial charge is 0.384 e. The molecule has 34 heavy (non-hydrogen) atoms. The maximum atomic E-state index is 13.3. The molecule has 0 aliphatic carbocycles. The first-order valence-electron chi connectivity index (χ1n) is 11.6. The smallest absolute Gasteiger partial charge is 0.243 e. The van der Waals surface area contributed by atoms with E-state index in [4.69, 9.17) is 11.6 Å². The van der Waals surface area contributed by atoms with Crippen molar-refractivity contribution < 1.29 is 19.5 Å². The average Bonchev–Trinajstić information content (AvgIpc) is 3.16. The molecule has 0 aromatic heterocycles. The van der Waals surface area contributed by atoms with E-state index in [-0.39, 0.29) is 24.2 Å². The third kappa shape index (κ3) is 6.49. The Kier molecular flexibility index (Phi) is 9.09. The summed E-state index contributed by atoms with van der Waals surface area (Å²) in [7, 11) is 0. The van der Waals surface area contributed by atoms with Crippen LogP contribution in [0.1, 0.15) is 59.4 Å². The second kappa shape index (κ2) is 11.2. The molecule has 0 radical (unpaired) electrons. The van der Waals surface area contributed by atoms with Gasteiger partial charge in [0.2, 0.25) is 17.7 Å². The lowest BCUT2D eigenvalue weighted by Gasteiger charge is -2.40. The fraction of sp³-hybridized carbons (Fsp3) is 0.600. The Hall–Kier alpha value is -2.63. The van der Waals surface area contributed by atoms with Crippen LogP contribution in [0.2, 0.25) is 5.02 Å². The second-order valence-corrected chi connectivity index (χ2v) is 10.5.